The van der Waals surface area contributed by atoms with Crippen molar-refractivity contribution in [2.75, 3.05) is 0 Å². The van der Waals surface area contributed by atoms with Crippen LogP contribution in [0.5, 0.6) is 0 Å². The summed E-state index contributed by atoms with van der Waals surface area (Å²) in [5.74, 6) is -1.34. The van der Waals surface area contributed by atoms with Crippen LogP contribution in [0, 0.1) is 0 Å². The number of nitrogens with one attached hydrogen (secondary N) is 1. The fraction of sp³-hybridized carbons (Fsp3) is 0.0833. The molecule has 2 aromatic carbocycles. The first-order valence-electron chi connectivity index (χ1n) is 9.96. The largest absolute Gasteiger partial charge is 0.481 e. The van der Waals surface area contributed by atoms with Gasteiger partial charge in [-0.05, 0) is 23.3 Å². The van der Waals surface area contributed by atoms with E-state index in [4.69, 9.17) is 4.98 Å². The molecule has 3 heterocycles. The number of H-pyrrole nitrogens is 1. The van der Waals surface area contributed by atoms with Crippen molar-refractivity contribution < 1.29 is 19.8 Å². The minimum absolute atomic E-state index is 0.106. The molecule has 0 fully saturated rings. The van der Waals surface area contributed by atoms with Crippen molar-refractivity contribution in [2.24, 2.45) is 0 Å². The van der Waals surface area contributed by atoms with Crippen LogP contribution >= 0.6 is 0 Å². The zero-order valence-corrected chi connectivity index (χ0v) is 16.8. The summed E-state index contributed by atoms with van der Waals surface area (Å²) in [7, 11) is 0. The Morgan fingerprint density at radius 2 is 1.62 bits per heavy atom. The van der Waals surface area contributed by atoms with Crippen molar-refractivity contribution in [3.63, 3.8) is 0 Å². The number of rotatable bonds is 6. The van der Waals surface area contributed by atoms with Gasteiger partial charge in [0.05, 0.1) is 36.4 Å². The normalized spacial score (nSPS) is 11.2. The third kappa shape index (κ3) is 3.37. The van der Waals surface area contributed by atoms with Gasteiger partial charge in [-0.15, -0.1) is 0 Å². The summed E-state index contributed by atoms with van der Waals surface area (Å²) in [6.45, 7) is 0. The molecule has 158 valence electrons. The highest BCUT2D eigenvalue weighted by Crippen LogP contribution is 2.31. The Kier molecular flexibility index (Phi) is 4.67. The number of para-hydroxylation sites is 2. The molecule has 0 atom stereocenters. The second-order valence-corrected chi connectivity index (χ2v) is 7.47. The van der Waals surface area contributed by atoms with Crippen molar-refractivity contribution in [3.05, 3.63) is 78.2 Å². The number of carboxylic acid groups (broad SMARTS) is 2. The molecular weight excluding hydrogens is 408 g/mol. The van der Waals surface area contributed by atoms with E-state index in [-0.39, 0.29) is 12.8 Å². The molecule has 0 aliphatic rings. The number of benzene rings is 2. The quantitative estimate of drug-likeness (QED) is 0.379. The van der Waals surface area contributed by atoms with Crippen molar-refractivity contribution >= 4 is 33.7 Å². The number of fused-ring (bicyclic) bond motifs is 2. The van der Waals surface area contributed by atoms with Crippen LogP contribution in [-0.4, -0.2) is 41.7 Å². The highest BCUT2D eigenvalue weighted by atomic mass is 16.4. The molecule has 5 aromatic rings. The summed E-state index contributed by atoms with van der Waals surface area (Å²) >= 11 is 0. The van der Waals surface area contributed by atoms with E-state index in [9.17, 15) is 19.8 Å². The van der Waals surface area contributed by atoms with E-state index in [0.29, 0.717) is 28.3 Å². The van der Waals surface area contributed by atoms with Crippen molar-refractivity contribution in [2.45, 2.75) is 12.8 Å². The molecule has 0 amide bonds. The maximum absolute atomic E-state index is 11.5. The number of carbonyl (C=O) groups is 2. The van der Waals surface area contributed by atoms with Crippen molar-refractivity contribution in [1.29, 1.82) is 0 Å². The fourth-order valence-electron chi connectivity index (χ4n) is 4.09. The molecule has 0 spiro atoms. The maximum atomic E-state index is 11.5. The molecule has 0 aliphatic heterocycles. The summed E-state index contributed by atoms with van der Waals surface area (Å²) < 4.78 is 1.81. The third-order valence-corrected chi connectivity index (χ3v) is 5.40. The van der Waals surface area contributed by atoms with Crippen LogP contribution < -0.4 is 0 Å². The second kappa shape index (κ2) is 7.66. The predicted octanol–water partition coefficient (Wildman–Crippen LogP) is 3.82. The number of hydrogen-bond donors (Lipinski definition) is 3. The lowest BCUT2D eigenvalue weighted by atomic mass is 10.1. The summed E-state index contributed by atoms with van der Waals surface area (Å²) in [6, 6.07) is 15.0. The van der Waals surface area contributed by atoms with E-state index in [2.05, 4.69) is 9.97 Å². The van der Waals surface area contributed by atoms with Crippen LogP contribution in [0.15, 0.2) is 67.1 Å². The lowest BCUT2D eigenvalue weighted by molar-refractivity contribution is -0.137. The SMILES string of the molecule is O=C(O)Cc1c(-c2cncc(-n3cc(CC(=O)O)c4ccccc43)n2)[nH]c2ccccc12. The van der Waals surface area contributed by atoms with E-state index in [1.165, 1.54) is 0 Å². The van der Waals surface area contributed by atoms with Gasteiger partial charge in [0.2, 0.25) is 0 Å². The smallest absolute Gasteiger partial charge is 0.307 e. The molecule has 3 aromatic heterocycles. The van der Waals surface area contributed by atoms with Gasteiger partial charge in [0, 0.05) is 22.5 Å². The van der Waals surface area contributed by atoms with Gasteiger partial charge in [0.25, 0.3) is 0 Å². The number of aromatic nitrogens is 4. The molecule has 8 heteroatoms. The molecular formula is C24H18N4O4. The lowest BCUT2D eigenvalue weighted by Gasteiger charge is -2.07. The van der Waals surface area contributed by atoms with Gasteiger partial charge >= 0.3 is 11.9 Å². The predicted molar refractivity (Wildman–Crippen MR) is 119 cm³/mol. The van der Waals surface area contributed by atoms with E-state index < -0.39 is 11.9 Å². The summed E-state index contributed by atoms with van der Waals surface area (Å²) in [6.07, 6.45) is 4.69. The van der Waals surface area contributed by atoms with Gasteiger partial charge in [0.15, 0.2) is 5.82 Å². The first kappa shape index (κ1) is 19.5. The van der Waals surface area contributed by atoms with Crippen LogP contribution in [0.4, 0.5) is 0 Å². The molecule has 0 bridgehead atoms. The van der Waals surface area contributed by atoms with Gasteiger partial charge in [-0.25, -0.2) is 4.98 Å². The molecule has 0 unspecified atom stereocenters. The number of carboxylic acids is 2. The maximum Gasteiger partial charge on any atom is 0.307 e. The third-order valence-electron chi connectivity index (χ3n) is 5.40. The van der Waals surface area contributed by atoms with Gasteiger partial charge in [-0.1, -0.05) is 36.4 Å². The number of aromatic amines is 1. The fourth-order valence-corrected chi connectivity index (χ4v) is 4.09. The van der Waals surface area contributed by atoms with Gasteiger partial charge < -0.3 is 15.2 Å². The highest BCUT2D eigenvalue weighted by Gasteiger charge is 2.18. The van der Waals surface area contributed by atoms with Crippen LogP contribution in [0.2, 0.25) is 0 Å². The van der Waals surface area contributed by atoms with E-state index >= 15 is 0 Å². The Morgan fingerprint density at radius 1 is 0.906 bits per heavy atom. The number of nitrogens with zero attached hydrogens (tertiary/aromatic N) is 3. The summed E-state index contributed by atoms with van der Waals surface area (Å²) in [4.78, 5) is 35.2. The average Bonchev–Trinajstić information content (AvgIpc) is 3.32. The molecule has 8 nitrogen and oxygen atoms in total. The molecule has 0 saturated carbocycles. The molecule has 0 radical (unpaired) electrons. The molecule has 0 saturated heterocycles. The Labute approximate surface area is 181 Å². The van der Waals surface area contributed by atoms with E-state index in [1.807, 2.05) is 53.1 Å². The monoisotopic (exact) mass is 426 g/mol. The molecule has 32 heavy (non-hydrogen) atoms. The second-order valence-electron chi connectivity index (χ2n) is 7.47. The topological polar surface area (TPSA) is 121 Å². The van der Waals surface area contributed by atoms with Crippen LogP contribution in [0.1, 0.15) is 11.1 Å². The standard InChI is InChI=1S/C24H18N4O4/c29-22(30)9-14-13-28(20-8-4-2-5-15(14)20)21-12-25-11-19(26-21)24-17(10-23(31)32)16-6-1-3-7-18(16)27-24/h1-8,11-13,27H,9-10H2,(H,29,30)(H,31,32). The van der Waals surface area contributed by atoms with Crippen LogP contribution in [0.3, 0.4) is 0 Å². The van der Waals surface area contributed by atoms with Crippen LogP contribution in [0.25, 0.3) is 39.0 Å². The Hall–Kier alpha value is -4.46. The zero-order chi connectivity index (χ0) is 22.2. The first-order chi connectivity index (χ1) is 15.5. The number of hydrogen-bond acceptors (Lipinski definition) is 4. The molecule has 0 aliphatic carbocycles. The van der Waals surface area contributed by atoms with Gasteiger partial charge in [-0.3, -0.25) is 19.1 Å². The van der Waals surface area contributed by atoms with E-state index in [1.54, 1.807) is 18.6 Å². The van der Waals surface area contributed by atoms with Crippen molar-refractivity contribution in [3.8, 4) is 17.2 Å². The Morgan fingerprint density at radius 3 is 2.41 bits per heavy atom. The lowest BCUT2D eigenvalue weighted by Crippen LogP contribution is -2.03. The Balaban J connectivity index is 1.68. The summed E-state index contributed by atoms with van der Waals surface area (Å²) in [5, 5.41) is 20.4. The number of aliphatic carboxylic acids is 2. The molecule has 5 rings (SSSR count). The Bertz CT molecular complexity index is 1500. The zero-order valence-electron chi connectivity index (χ0n) is 16.8. The summed E-state index contributed by atoms with van der Waals surface area (Å²) in [5.41, 5.74) is 4.07. The van der Waals surface area contributed by atoms with E-state index in [0.717, 1.165) is 21.8 Å². The first-order valence-corrected chi connectivity index (χ1v) is 9.96. The van der Waals surface area contributed by atoms with Gasteiger partial charge in [-0.2, -0.15) is 0 Å². The molecule has 3 N–H and O–H groups in total. The van der Waals surface area contributed by atoms with Gasteiger partial charge in [0.1, 0.15) is 5.69 Å². The minimum atomic E-state index is -0.935. The highest BCUT2D eigenvalue weighted by molar-refractivity contribution is 5.93. The minimum Gasteiger partial charge on any atom is -0.481 e. The average molecular weight is 426 g/mol. The van der Waals surface area contributed by atoms with Crippen LogP contribution in [-0.2, 0) is 22.4 Å². The van der Waals surface area contributed by atoms with Crippen molar-refractivity contribution in [1.82, 2.24) is 19.5 Å².